The highest BCUT2D eigenvalue weighted by Gasteiger charge is 2.09. The third-order valence-electron chi connectivity index (χ3n) is 2.55. The fourth-order valence-corrected chi connectivity index (χ4v) is 1.37. The molecule has 4 nitrogen and oxygen atoms in total. The molecule has 0 fully saturated rings. The van der Waals surface area contributed by atoms with E-state index < -0.39 is 0 Å². The lowest BCUT2D eigenvalue weighted by molar-refractivity contribution is 0.171. The Kier molecular flexibility index (Phi) is 5.25. The predicted molar refractivity (Wildman–Crippen MR) is 67.3 cm³/mol. The number of hydrogen-bond donors (Lipinski definition) is 2. The number of hydrogen-bond acceptors (Lipinski definition) is 4. The normalized spacial score (nSPS) is 14.2. The van der Waals surface area contributed by atoms with Gasteiger partial charge in [0.2, 0.25) is 0 Å². The second kappa shape index (κ2) is 6.47. The summed E-state index contributed by atoms with van der Waals surface area (Å²) in [6.07, 6.45) is 0. The molecule has 0 bridgehead atoms. The van der Waals surface area contributed by atoms with Crippen LogP contribution in [0.2, 0.25) is 0 Å². The molecule has 2 atom stereocenters. The average Bonchev–Trinajstić information content (AvgIpc) is 2.35. The van der Waals surface area contributed by atoms with Crippen LogP contribution in [-0.4, -0.2) is 25.4 Å². The number of rotatable bonds is 6. The Hall–Kier alpha value is -1.26. The lowest BCUT2D eigenvalue weighted by Gasteiger charge is -2.15. The molecule has 0 aromatic heterocycles. The molecule has 0 amide bonds. The van der Waals surface area contributed by atoms with Crippen molar-refractivity contribution in [3.63, 3.8) is 0 Å². The zero-order valence-corrected chi connectivity index (χ0v) is 10.6. The van der Waals surface area contributed by atoms with E-state index in [1.54, 1.807) is 7.11 Å². The van der Waals surface area contributed by atoms with E-state index in [2.05, 4.69) is 0 Å². The van der Waals surface area contributed by atoms with E-state index in [1.807, 2.05) is 32.0 Å². The molecule has 4 heteroatoms. The van der Waals surface area contributed by atoms with E-state index in [1.165, 1.54) is 0 Å². The summed E-state index contributed by atoms with van der Waals surface area (Å²) in [5.41, 5.74) is 6.81. The summed E-state index contributed by atoms with van der Waals surface area (Å²) >= 11 is 0. The average molecular weight is 239 g/mol. The van der Waals surface area contributed by atoms with Crippen molar-refractivity contribution in [2.24, 2.45) is 11.7 Å². The van der Waals surface area contributed by atoms with Crippen LogP contribution in [0.4, 0.5) is 0 Å². The van der Waals surface area contributed by atoms with Gasteiger partial charge in [-0.3, -0.25) is 0 Å². The molecule has 0 spiro atoms. The van der Waals surface area contributed by atoms with Crippen molar-refractivity contribution < 1.29 is 14.6 Å². The van der Waals surface area contributed by atoms with Crippen LogP contribution in [0.15, 0.2) is 18.2 Å². The van der Waals surface area contributed by atoms with Gasteiger partial charge in [-0.05, 0) is 24.6 Å². The molecule has 0 aliphatic carbocycles. The third kappa shape index (κ3) is 3.91. The molecule has 3 N–H and O–H groups in total. The molecule has 0 saturated carbocycles. The molecule has 1 aromatic rings. The van der Waals surface area contributed by atoms with E-state index in [0.717, 1.165) is 5.56 Å². The van der Waals surface area contributed by atoms with Crippen molar-refractivity contribution in [3.05, 3.63) is 23.8 Å². The van der Waals surface area contributed by atoms with Crippen LogP contribution >= 0.6 is 0 Å². The Morgan fingerprint density at radius 1 is 1.29 bits per heavy atom. The third-order valence-corrected chi connectivity index (χ3v) is 2.55. The number of aliphatic hydroxyl groups is 1. The Labute approximate surface area is 102 Å². The first-order valence-electron chi connectivity index (χ1n) is 5.75. The van der Waals surface area contributed by atoms with Crippen molar-refractivity contribution in [1.29, 1.82) is 0 Å². The number of nitrogens with two attached hydrogens (primary N) is 1. The van der Waals surface area contributed by atoms with Crippen LogP contribution in [-0.2, 0) is 0 Å². The lowest BCUT2D eigenvalue weighted by Crippen LogP contribution is -2.13. The zero-order valence-electron chi connectivity index (χ0n) is 10.6. The standard InChI is InChI=1S/C13H21NO3/c1-9(7-15)8-17-12-5-4-11(10(2)14)6-13(12)16-3/h4-6,9-10,15H,7-8,14H2,1-3H3/t9?,10-/m0/s1. The van der Waals surface area contributed by atoms with Crippen molar-refractivity contribution in [3.8, 4) is 11.5 Å². The van der Waals surface area contributed by atoms with Crippen molar-refractivity contribution in [2.75, 3.05) is 20.3 Å². The van der Waals surface area contributed by atoms with E-state index in [-0.39, 0.29) is 18.6 Å². The lowest BCUT2D eigenvalue weighted by atomic mass is 10.1. The first-order chi connectivity index (χ1) is 8.08. The molecule has 1 rings (SSSR count). The van der Waals surface area contributed by atoms with Gasteiger partial charge in [0.15, 0.2) is 11.5 Å². The SMILES string of the molecule is COc1cc([C@H](C)N)ccc1OCC(C)CO. The monoisotopic (exact) mass is 239 g/mol. The van der Waals surface area contributed by atoms with Gasteiger partial charge in [0.05, 0.1) is 13.7 Å². The predicted octanol–water partition coefficient (Wildman–Crippen LogP) is 1.72. The van der Waals surface area contributed by atoms with E-state index in [4.69, 9.17) is 20.3 Å². The first kappa shape index (κ1) is 13.8. The van der Waals surface area contributed by atoms with Crippen LogP contribution < -0.4 is 15.2 Å². The van der Waals surface area contributed by atoms with Gasteiger partial charge in [0.1, 0.15) is 0 Å². The van der Waals surface area contributed by atoms with Gasteiger partial charge in [0, 0.05) is 18.6 Å². The number of benzene rings is 1. The highest BCUT2D eigenvalue weighted by molar-refractivity contribution is 5.43. The summed E-state index contributed by atoms with van der Waals surface area (Å²) < 4.78 is 10.8. The summed E-state index contributed by atoms with van der Waals surface area (Å²) in [6, 6.07) is 5.62. The molecule has 0 saturated heterocycles. The van der Waals surface area contributed by atoms with E-state index >= 15 is 0 Å². The topological polar surface area (TPSA) is 64.7 Å². The minimum absolute atomic E-state index is 0.0330. The largest absolute Gasteiger partial charge is 0.493 e. The number of ether oxygens (including phenoxy) is 2. The summed E-state index contributed by atoms with van der Waals surface area (Å²) in [5.74, 6) is 1.45. The van der Waals surface area contributed by atoms with Crippen molar-refractivity contribution in [2.45, 2.75) is 19.9 Å². The van der Waals surface area contributed by atoms with Crippen LogP contribution in [0, 0.1) is 5.92 Å². The molecular weight excluding hydrogens is 218 g/mol. The Balaban J connectivity index is 2.78. The zero-order chi connectivity index (χ0) is 12.8. The van der Waals surface area contributed by atoms with Gasteiger partial charge in [0.25, 0.3) is 0 Å². The Bertz CT molecular complexity index is 353. The highest BCUT2D eigenvalue weighted by Crippen LogP contribution is 2.30. The Morgan fingerprint density at radius 2 is 2.00 bits per heavy atom. The molecule has 0 aliphatic heterocycles. The van der Waals surface area contributed by atoms with Crippen LogP contribution in [0.3, 0.4) is 0 Å². The summed E-state index contributed by atoms with van der Waals surface area (Å²) in [6.45, 7) is 4.41. The molecule has 1 unspecified atom stereocenters. The van der Waals surface area contributed by atoms with E-state index in [0.29, 0.717) is 18.1 Å². The maximum absolute atomic E-state index is 8.93. The second-order valence-electron chi connectivity index (χ2n) is 4.30. The highest BCUT2D eigenvalue weighted by atomic mass is 16.5. The molecule has 0 heterocycles. The van der Waals surface area contributed by atoms with Gasteiger partial charge in [-0.1, -0.05) is 13.0 Å². The van der Waals surface area contributed by atoms with Crippen LogP contribution in [0.25, 0.3) is 0 Å². The van der Waals surface area contributed by atoms with Gasteiger partial charge in [-0.25, -0.2) is 0 Å². The Morgan fingerprint density at radius 3 is 2.53 bits per heavy atom. The molecule has 96 valence electrons. The quantitative estimate of drug-likeness (QED) is 0.793. The van der Waals surface area contributed by atoms with Gasteiger partial charge < -0.3 is 20.3 Å². The maximum atomic E-state index is 8.93. The molecule has 17 heavy (non-hydrogen) atoms. The number of aliphatic hydroxyl groups excluding tert-OH is 1. The van der Waals surface area contributed by atoms with Crippen molar-refractivity contribution >= 4 is 0 Å². The summed E-state index contributed by atoms with van der Waals surface area (Å²) in [7, 11) is 1.60. The molecule has 0 radical (unpaired) electrons. The summed E-state index contributed by atoms with van der Waals surface area (Å²) in [5, 5.41) is 8.93. The van der Waals surface area contributed by atoms with Gasteiger partial charge in [-0.15, -0.1) is 0 Å². The van der Waals surface area contributed by atoms with Gasteiger partial charge in [-0.2, -0.15) is 0 Å². The van der Waals surface area contributed by atoms with Crippen LogP contribution in [0.1, 0.15) is 25.5 Å². The molecule has 0 aliphatic rings. The minimum atomic E-state index is -0.0330. The fourth-order valence-electron chi connectivity index (χ4n) is 1.37. The van der Waals surface area contributed by atoms with Crippen LogP contribution in [0.5, 0.6) is 11.5 Å². The van der Waals surface area contributed by atoms with Gasteiger partial charge >= 0.3 is 0 Å². The summed E-state index contributed by atoms with van der Waals surface area (Å²) in [4.78, 5) is 0. The molecule has 1 aromatic carbocycles. The smallest absolute Gasteiger partial charge is 0.161 e. The molecular formula is C13H21NO3. The maximum Gasteiger partial charge on any atom is 0.161 e. The van der Waals surface area contributed by atoms with E-state index in [9.17, 15) is 0 Å². The van der Waals surface area contributed by atoms with Crippen molar-refractivity contribution in [1.82, 2.24) is 0 Å². The minimum Gasteiger partial charge on any atom is -0.493 e. The second-order valence-corrected chi connectivity index (χ2v) is 4.30. The number of methoxy groups -OCH3 is 1. The first-order valence-corrected chi connectivity index (χ1v) is 5.75. The fraction of sp³-hybridized carbons (Fsp3) is 0.538.